The summed E-state index contributed by atoms with van der Waals surface area (Å²) in [6.45, 7) is 2.61. The largest absolute Gasteiger partial charge is 0.407 e. The van der Waals surface area contributed by atoms with Crippen LogP contribution in [0.5, 0.6) is 5.88 Å². The summed E-state index contributed by atoms with van der Waals surface area (Å²) in [6.07, 6.45) is 0. The molecule has 6 heteroatoms. The molecule has 0 unspecified atom stereocenters. The summed E-state index contributed by atoms with van der Waals surface area (Å²) in [4.78, 5) is 22.4. The standard InChI is InChI=1S/C13H13N3O3/c1-9(17)16-13(19-10(2)18)8-12(15-16)14-11-6-4-3-5-7-11/h3-8H,1-2H3,(H,14,15). The molecule has 0 radical (unpaired) electrons. The van der Waals surface area contributed by atoms with Gasteiger partial charge in [-0.15, -0.1) is 5.10 Å². The van der Waals surface area contributed by atoms with Crippen LogP contribution in [-0.4, -0.2) is 21.7 Å². The molecule has 0 saturated heterocycles. The van der Waals surface area contributed by atoms with Gasteiger partial charge < -0.3 is 10.1 Å². The van der Waals surface area contributed by atoms with Gasteiger partial charge in [0, 0.05) is 25.6 Å². The fraction of sp³-hybridized carbons (Fsp3) is 0.154. The van der Waals surface area contributed by atoms with Crippen LogP contribution in [0.15, 0.2) is 36.4 Å². The topological polar surface area (TPSA) is 73.2 Å². The van der Waals surface area contributed by atoms with Gasteiger partial charge in [-0.05, 0) is 12.1 Å². The van der Waals surface area contributed by atoms with E-state index in [1.807, 2.05) is 30.3 Å². The van der Waals surface area contributed by atoms with E-state index >= 15 is 0 Å². The molecule has 0 spiro atoms. The number of rotatable bonds is 3. The number of hydrogen-bond acceptors (Lipinski definition) is 5. The Bertz CT molecular complexity index is 605. The van der Waals surface area contributed by atoms with Gasteiger partial charge in [0.15, 0.2) is 5.82 Å². The molecule has 1 N–H and O–H groups in total. The molecule has 0 aliphatic rings. The van der Waals surface area contributed by atoms with Gasteiger partial charge >= 0.3 is 5.97 Å². The second kappa shape index (κ2) is 5.34. The number of nitrogens with zero attached hydrogens (tertiary/aromatic N) is 2. The molecule has 98 valence electrons. The third kappa shape index (κ3) is 3.19. The van der Waals surface area contributed by atoms with Crippen LogP contribution in [0.2, 0.25) is 0 Å². The average Bonchev–Trinajstić information content (AvgIpc) is 2.72. The summed E-state index contributed by atoms with van der Waals surface area (Å²) < 4.78 is 5.96. The van der Waals surface area contributed by atoms with Crippen LogP contribution in [0.25, 0.3) is 0 Å². The van der Waals surface area contributed by atoms with Crippen molar-refractivity contribution < 1.29 is 14.3 Å². The lowest BCUT2D eigenvalue weighted by atomic mass is 10.3. The van der Waals surface area contributed by atoms with E-state index in [0.717, 1.165) is 10.4 Å². The van der Waals surface area contributed by atoms with Gasteiger partial charge in [-0.25, -0.2) is 0 Å². The lowest BCUT2D eigenvalue weighted by molar-refractivity contribution is -0.132. The summed E-state index contributed by atoms with van der Waals surface area (Å²) in [5.74, 6) is -0.317. The molecule has 19 heavy (non-hydrogen) atoms. The summed E-state index contributed by atoms with van der Waals surface area (Å²) in [5, 5.41) is 7.05. The van der Waals surface area contributed by atoms with Gasteiger partial charge in [0.2, 0.25) is 11.8 Å². The first-order valence-electron chi connectivity index (χ1n) is 5.68. The lowest BCUT2D eigenvalue weighted by Crippen LogP contribution is -2.13. The van der Waals surface area contributed by atoms with E-state index < -0.39 is 5.97 Å². The van der Waals surface area contributed by atoms with Crippen LogP contribution in [0, 0.1) is 0 Å². The molecule has 0 aliphatic carbocycles. The molecule has 2 aromatic rings. The summed E-state index contributed by atoms with van der Waals surface area (Å²) in [7, 11) is 0. The van der Waals surface area contributed by atoms with Gasteiger partial charge in [0.25, 0.3) is 0 Å². The third-order valence-corrected chi connectivity index (χ3v) is 2.27. The van der Waals surface area contributed by atoms with E-state index in [1.54, 1.807) is 0 Å². The van der Waals surface area contributed by atoms with Crippen molar-refractivity contribution in [2.45, 2.75) is 13.8 Å². The Labute approximate surface area is 110 Å². The number of para-hydroxylation sites is 1. The second-order valence-corrected chi connectivity index (χ2v) is 3.88. The minimum Gasteiger partial charge on any atom is -0.407 e. The number of aromatic nitrogens is 2. The summed E-state index contributed by atoms with van der Waals surface area (Å²) >= 11 is 0. The third-order valence-electron chi connectivity index (χ3n) is 2.27. The highest BCUT2D eigenvalue weighted by Crippen LogP contribution is 2.21. The number of anilines is 2. The fourth-order valence-corrected chi connectivity index (χ4v) is 1.54. The summed E-state index contributed by atoms with van der Waals surface area (Å²) in [6, 6.07) is 10.9. The first-order chi connectivity index (χ1) is 9.06. The second-order valence-electron chi connectivity index (χ2n) is 3.88. The molecule has 0 saturated carbocycles. The Balaban J connectivity index is 2.27. The van der Waals surface area contributed by atoms with Crippen molar-refractivity contribution in [1.82, 2.24) is 9.78 Å². The number of esters is 1. The molecule has 1 aromatic heterocycles. The number of nitrogens with one attached hydrogen (secondary N) is 1. The minimum atomic E-state index is -0.506. The molecule has 0 aliphatic heterocycles. The van der Waals surface area contributed by atoms with Gasteiger partial charge in [0.05, 0.1) is 0 Å². The zero-order valence-corrected chi connectivity index (χ0v) is 10.6. The van der Waals surface area contributed by atoms with E-state index in [1.165, 1.54) is 19.9 Å². The molecular weight excluding hydrogens is 246 g/mol. The van der Waals surface area contributed by atoms with E-state index in [0.29, 0.717) is 5.82 Å². The predicted molar refractivity (Wildman–Crippen MR) is 69.6 cm³/mol. The number of hydrogen-bond donors (Lipinski definition) is 1. The number of carbonyl (C=O) groups is 2. The van der Waals surface area contributed by atoms with Gasteiger partial charge in [-0.2, -0.15) is 4.68 Å². The maximum atomic E-state index is 11.4. The Morgan fingerprint density at radius 3 is 2.47 bits per heavy atom. The minimum absolute atomic E-state index is 0.0958. The Hall–Kier alpha value is -2.63. The molecule has 1 heterocycles. The van der Waals surface area contributed by atoms with Crippen molar-refractivity contribution in [3.05, 3.63) is 36.4 Å². The van der Waals surface area contributed by atoms with Crippen LogP contribution in [0.4, 0.5) is 11.5 Å². The first-order valence-corrected chi connectivity index (χ1v) is 5.68. The molecule has 0 bridgehead atoms. The zero-order valence-electron chi connectivity index (χ0n) is 10.6. The van der Waals surface area contributed by atoms with Crippen LogP contribution < -0.4 is 10.1 Å². The van der Waals surface area contributed by atoms with Crippen LogP contribution >= 0.6 is 0 Å². The van der Waals surface area contributed by atoms with Crippen molar-refractivity contribution >= 4 is 23.4 Å². The van der Waals surface area contributed by atoms with Gasteiger partial charge in [-0.1, -0.05) is 18.2 Å². The molecule has 0 fully saturated rings. The van der Waals surface area contributed by atoms with E-state index in [9.17, 15) is 9.59 Å². The van der Waals surface area contributed by atoms with Crippen molar-refractivity contribution in [2.24, 2.45) is 0 Å². The van der Waals surface area contributed by atoms with Crippen molar-refractivity contribution in [3.63, 3.8) is 0 Å². The molecule has 2 rings (SSSR count). The number of ether oxygens (including phenoxy) is 1. The maximum Gasteiger partial charge on any atom is 0.309 e. The Kier molecular flexibility index (Phi) is 3.61. The normalized spacial score (nSPS) is 10.0. The fourth-order valence-electron chi connectivity index (χ4n) is 1.54. The predicted octanol–water partition coefficient (Wildman–Crippen LogP) is 2.21. The van der Waals surface area contributed by atoms with E-state index in [4.69, 9.17) is 4.74 Å². The highest BCUT2D eigenvalue weighted by atomic mass is 16.5. The molecule has 1 aromatic carbocycles. The van der Waals surface area contributed by atoms with Crippen molar-refractivity contribution in [1.29, 1.82) is 0 Å². The molecule has 0 atom stereocenters. The maximum absolute atomic E-state index is 11.4. The summed E-state index contributed by atoms with van der Waals surface area (Å²) in [5.41, 5.74) is 0.824. The van der Waals surface area contributed by atoms with Crippen LogP contribution in [-0.2, 0) is 4.79 Å². The van der Waals surface area contributed by atoms with Gasteiger partial charge in [-0.3, -0.25) is 9.59 Å². The highest BCUT2D eigenvalue weighted by molar-refractivity contribution is 5.79. The van der Waals surface area contributed by atoms with Crippen LogP contribution in [0.3, 0.4) is 0 Å². The van der Waals surface area contributed by atoms with Crippen molar-refractivity contribution in [2.75, 3.05) is 5.32 Å². The monoisotopic (exact) mass is 259 g/mol. The highest BCUT2D eigenvalue weighted by Gasteiger charge is 2.14. The molecule has 6 nitrogen and oxygen atoms in total. The molecule has 0 amide bonds. The Morgan fingerprint density at radius 1 is 1.21 bits per heavy atom. The average molecular weight is 259 g/mol. The van der Waals surface area contributed by atoms with E-state index in [-0.39, 0.29) is 11.8 Å². The SMILES string of the molecule is CC(=O)Oc1cc(Nc2ccccc2)nn1C(C)=O. The number of benzene rings is 1. The van der Waals surface area contributed by atoms with Crippen molar-refractivity contribution in [3.8, 4) is 5.88 Å². The quantitative estimate of drug-likeness (QED) is 0.855. The number of carbonyl (C=O) groups excluding carboxylic acids is 2. The van der Waals surface area contributed by atoms with Gasteiger partial charge in [0.1, 0.15) is 0 Å². The van der Waals surface area contributed by atoms with Crippen LogP contribution in [0.1, 0.15) is 18.6 Å². The first kappa shape index (κ1) is 12.8. The molecular formula is C13H13N3O3. The zero-order chi connectivity index (χ0) is 13.8. The smallest absolute Gasteiger partial charge is 0.309 e. The lowest BCUT2D eigenvalue weighted by Gasteiger charge is -2.01. The Morgan fingerprint density at radius 2 is 1.89 bits per heavy atom. The van der Waals surface area contributed by atoms with E-state index in [2.05, 4.69) is 10.4 Å².